The summed E-state index contributed by atoms with van der Waals surface area (Å²) in [5.41, 5.74) is 0.312. The molecule has 0 unspecified atom stereocenters. The van der Waals surface area contributed by atoms with Crippen molar-refractivity contribution in [2.24, 2.45) is 0 Å². The van der Waals surface area contributed by atoms with Crippen molar-refractivity contribution in [2.45, 2.75) is 6.92 Å². The van der Waals surface area contributed by atoms with Gasteiger partial charge in [-0.15, -0.1) is 0 Å². The lowest BCUT2D eigenvalue weighted by Crippen LogP contribution is -2.34. The first-order valence-corrected chi connectivity index (χ1v) is 7.88. The van der Waals surface area contributed by atoms with E-state index in [2.05, 4.69) is 0 Å². The Hall–Kier alpha value is -2.19. The minimum Gasteiger partial charge on any atom is -0.545 e. The molecule has 1 fully saturated rings. The lowest BCUT2D eigenvalue weighted by atomic mass is 10.1. The van der Waals surface area contributed by atoms with Crippen molar-refractivity contribution in [1.82, 2.24) is 4.90 Å². The third kappa shape index (κ3) is 3.96. The number of aromatic carboxylic acids is 1. The summed E-state index contributed by atoms with van der Waals surface area (Å²) in [6.45, 7) is 1.61. The molecule has 0 saturated carbocycles. The van der Waals surface area contributed by atoms with Crippen LogP contribution in [0, 0.1) is 0 Å². The smallest absolute Gasteiger partial charge is 0.326 e. The van der Waals surface area contributed by atoms with Crippen molar-refractivity contribution in [2.75, 3.05) is 13.2 Å². The summed E-state index contributed by atoms with van der Waals surface area (Å²) in [6, 6.07) is 6.16. The fraction of sp³-hybridized carbons (Fsp3) is 0.200. The Morgan fingerprint density at radius 3 is 2.74 bits per heavy atom. The van der Waals surface area contributed by atoms with Crippen LogP contribution >= 0.6 is 24.0 Å². The topological polar surface area (TPSA) is 86.7 Å². The quantitative estimate of drug-likeness (QED) is 0.441. The largest absolute Gasteiger partial charge is 0.545 e. The van der Waals surface area contributed by atoms with Crippen LogP contribution in [0.5, 0.6) is 0 Å². The summed E-state index contributed by atoms with van der Waals surface area (Å²) in [6.07, 6.45) is 1.43. The second-order valence-electron chi connectivity index (χ2n) is 4.45. The van der Waals surface area contributed by atoms with Crippen molar-refractivity contribution in [3.05, 3.63) is 40.3 Å². The highest BCUT2D eigenvalue weighted by Gasteiger charge is 2.33. The number of amides is 1. The highest BCUT2D eigenvalue weighted by Crippen LogP contribution is 2.32. The van der Waals surface area contributed by atoms with Crippen LogP contribution < -0.4 is 5.11 Å². The maximum Gasteiger partial charge on any atom is 0.326 e. The van der Waals surface area contributed by atoms with E-state index in [0.717, 1.165) is 16.7 Å². The molecule has 1 aromatic carbocycles. The number of esters is 1. The number of thiocarbonyl (C=S) groups is 1. The fourth-order valence-electron chi connectivity index (χ4n) is 1.92. The van der Waals surface area contributed by atoms with Crippen LogP contribution in [-0.4, -0.2) is 40.2 Å². The number of rotatable bonds is 5. The molecule has 1 heterocycles. The number of hydrogen-bond acceptors (Lipinski definition) is 7. The van der Waals surface area contributed by atoms with E-state index in [1.54, 1.807) is 25.1 Å². The maximum absolute atomic E-state index is 12.3. The van der Waals surface area contributed by atoms with E-state index in [1.165, 1.54) is 12.1 Å². The number of thioether (sulfide) groups is 1. The standard InChI is InChI=1S/C15H13NO5S2/c1-2-21-12(17)8-16-13(18)11(23-15(16)22)7-9-5-3-4-6-10(9)14(19)20/h3-7H,2,8H2,1H3,(H,19,20)/p-1. The van der Waals surface area contributed by atoms with Gasteiger partial charge in [0.15, 0.2) is 0 Å². The number of carboxylic acids is 1. The average molecular weight is 350 g/mol. The Morgan fingerprint density at radius 2 is 2.09 bits per heavy atom. The minimum absolute atomic E-state index is 0.0249. The van der Waals surface area contributed by atoms with Crippen molar-refractivity contribution >= 4 is 52.2 Å². The van der Waals surface area contributed by atoms with E-state index < -0.39 is 17.8 Å². The molecule has 6 nitrogen and oxygen atoms in total. The molecule has 0 atom stereocenters. The van der Waals surface area contributed by atoms with Crippen molar-refractivity contribution in [1.29, 1.82) is 0 Å². The fourth-order valence-corrected chi connectivity index (χ4v) is 3.17. The van der Waals surface area contributed by atoms with Crippen LogP contribution in [0.25, 0.3) is 6.08 Å². The van der Waals surface area contributed by atoms with Gasteiger partial charge >= 0.3 is 5.97 Å². The molecule has 0 radical (unpaired) electrons. The third-order valence-electron chi connectivity index (χ3n) is 2.93. The molecule has 0 bridgehead atoms. The predicted octanol–water partition coefficient (Wildman–Crippen LogP) is 0.814. The number of nitrogens with zero attached hydrogens (tertiary/aromatic N) is 1. The monoisotopic (exact) mass is 350 g/mol. The number of carboxylic acid groups (broad SMARTS) is 1. The van der Waals surface area contributed by atoms with Gasteiger partial charge in [0.1, 0.15) is 10.9 Å². The van der Waals surface area contributed by atoms with Crippen molar-refractivity contribution in [3.63, 3.8) is 0 Å². The summed E-state index contributed by atoms with van der Waals surface area (Å²) in [5.74, 6) is -2.35. The number of ether oxygens (including phenoxy) is 1. The van der Waals surface area contributed by atoms with E-state index in [1.807, 2.05) is 0 Å². The minimum atomic E-state index is -1.33. The molecule has 0 spiro atoms. The first-order valence-electron chi connectivity index (χ1n) is 6.65. The molecule has 1 aliphatic rings. The van der Waals surface area contributed by atoms with E-state index in [-0.39, 0.29) is 27.9 Å². The summed E-state index contributed by atoms with van der Waals surface area (Å²) in [5, 5.41) is 11.1. The lowest BCUT2D eigenvalue weighted by Gasteiger charge is -2.12. The zero-order chi connectivity index (χ0) is 17.0. The number of benzene rings is 1. The highest BCUT2D eigenvalue weighted by atomic mass is 32.2. The summed E-state index contributed by atoms with van der Waals surface area (Å²) in [7, 11) is 0. The molecule has 23 heavy (non-hydrogen) atoms. The van der Waals surface area contributed by atoms with Gasteiger partial charge in [0.2, 0.25) is 0 Å². The molecule has 1 aliphatic heterocycles. The molecule has 1 saturated heterocycles. The Morgan fingerprint density at radius 1 is 1.39 bits per heavy atom. The molecular formula is C15H12NO5S2-. The van der Waals surface area contributed by atoms with E-state index in [4.69, 9.17) is 17.0 Å². The third-order valence-corrected chi connectivity index (χ3v) is 4.31. The van der Waals surface area contributed by atoms with E-state index in [9.17, 15) is 19.5 Å². The molecule has 1 amide bonds. The molecule has 0 aromatic heterocycles. The molecule has 1 aromatic rings. The summed E-state index contributed by atoms with van der Waals surface area (Å²) < 4.78 is 5.02. The van der Waals surface area contributed by atoms with Gasteiger partial charge in [-0.25, -0.2) is 0 Å². The van der Waals surface area contributed by atoms with E-state index >= 15 is 0 Å². The van der Waals surface area contributed by atoms with Crippen LogP contribution in [0.15, 0.2) is 29.2 Å². The van der Waals surface area contributed by atoms with Gasteiger partial charge in [0.25, 0.3) is 5.91 Å². The summed E-state index contributed by atoms with van der Waals surface area (Å²) >= 11 is 6.09. The molecule has 2 rings (SSSR count). The van der Waals surface area contributed by atoms with Crippen LogP contribution in [-0.2, 0) is 14.3 Å². The highest BCUT2D eigenvalue weighted by molar-refractivity contribution is 8.26. The number of carbonyl (C=O) groups is 3. The van der Waals surface area contributed by atoms with Crippen LogP contribution in [0.3, 0.4) is 0 Å². The first-order chi connectivity index (χ1) is 10.9. The number of carbonyl (C=O) groups excluding carboxylic acids is 3. The maximum atomic E-state index is 12.3. The Kier molecular flexibility index (Phi) is 5.51. The number of hydrogen-bond donors (Lipinski definition) is 0. The second kappa shape index (κ2) is 7.38. The zero-order valence-electron chi connectivity index (χ0n) is 12.1. The van der Waals surface area contributed by atoms with Crippen molar-refractivity contribution < 1.29 is 24.2 Å². The molecule has 0 aliphatic carbocycles. The SMILES string of the molecule is CCOC(=O)CN1C(=O)C(=Cc2ccccc2C(=O)[O-])SC1=S. The zero-order valence-corrected chi connectivity index (χ0v) is 13.7. The molecule has 0 N–H and O–H groups in total. The molecular weight excluding hydrogens is 338 g/mol. The normalized spacial score (nSPS) is 16.0. The van der Waals surface area contributed by atoms with Gasteiger partial charge in [0.05, 0.1) is 17.5 Å². The van der Waals surface area contributed by atoms with Gasteiger partial charge in [-0.3, -0.25) is 14.5 Å². The van der Waals surface area contributed by atoms with Crippen LogP contribution in [0.1, 0.15) is 22.8 Å². The van der Waals surface area contributed by atoms with Crippen LogP contribution in [0.2, 0.25) is 0 Å². The molecule has 8 heteroatoms. The second-order valence-corrected chi connectivity index (χ2v) is 6.12. The first kappa shape index (κ1) is 17.2. The van der Waals surface area contributed by atoms with E-state index in [0.29, 0.717) is 5.56 Å². The van der Waals surface area contributed by atoms with Crippen LogP contribution in [0.4, 0.5) is 0 Å². The Balaban J connectivity index is 2.26. The average Bonchev–Trinajstić information content (AvgIpc) is 2.75. The van der Waals surface area contributed by atoms with Gasteiger partial charge in [-0.05, 0) is 18.6 Å². The molecule has 120 valence electrons. The Bertz CT molecular complexity index is 714. The van der Waals surface area contributed by atoms with Gasteiger partial charge < -0.3 is 14.6 Å². The van der Waals surface area contributed by atoms with Crippen molar-refractivity contribution in [3.8, 4) is 0 Å². The summed E-state index contributed by atoms with van der Waals surface area (Å²) in [4.78, 5) is 36.3. The Labute approximate surface area is 142 Å². The van der Waals surface area contributed by atoms with Gasteiger partial charge in [-0.1, -0.05) is 48.2 Å². The lowest BCUT2D eigenvalue weighted by molar-refractivity contribution is -0.255. The van der Waals surface area contributed by atoms with Gasteiger partial charge in [-0.2, -0.15) is 0 Å². The predicted molar refractivity (Wildman–Crippen MR) is 87.3 cm³/mol. The van der Waals surface area contributed by atoms with Gasteiger partial charge in [0, 0.05) is 5.56 Å².